The molecule has 20 heavy (non-hydrogen) atoms. The maximum absolute atomic E-state index is 13.3. The molecule has 0 bridgehead atoms. The molecule has 5 nitrogen and oxygen atoms in total. The lowest BCUT2D eigenvalue weighted by molar-refractivity contribution is -0.113. The van der Waals surface area contributed by atoms with Crippen molar-refractivity contribution in [2.24, 2.45) is 0 Å². The predicted octanol–water partition coefficient (Wildman–Crippen LogP) is 1.95. The van der Waals surface area contributed by atoms with E-state index in [1.807, 2.05) is 0 Å². The molecule has 0 radical (unpaired) electrons. The van der Waals surface area contributed by atoms with Crippen LogP contribution >= 0.6 is 11.8 Å². The molecule has 2 rings (SSSR count). The van der Waals surface area contributed by atoms with E-state index in [0.717, 1.165) is 11.8 Å². The van der Waals surface area contributed by atoms with Gasteiger partial charge < -0.3 is 10.3 Å². The van der Waals surface area contributed by atoms with Gasteiger partial charge in [-0.3, -0.25) is 4.79 Å². The third-order valence-corrected chi connectivity index (χ3v) is 3.27. The fourth-order valence-corrected chi connectivity index (χ4v) is 2.27. The van der Waals surface area contributed by atoms with E-state index >= 15 is 0 Å². The second-order valence-corrected chi connectivity index (χ2v) is 5.02. The van der Waals surface area contributed by atoms with E-state index in [0.29, 0.717) is 10.7 Å². The van der Waals surface area contributed by atoms with E-state index in [2.05, 4.69) is 15.3 Å². The van der Waals surface area contributed by atoms with Crippen molar-refractivity contribution < 1.29 is 9.18 Å². The van der Waals surface area contributed by atoms with Crippen molar-refractivity contribution in [3.05, 3.63) is 52.3 Å². The number of amides is 1. The minimum absolute atomic E-state index is 0.0459. The number of halogens is 1. The van der Waals surface area contributed by atoms with Crippen molar-refractivity contribution in [1.29, 1.82) is 0 Å². The molecule has 1 amide bonds. The predicted molar refractivity (Wildman–Crippen MR) is 75.3 cm³/mol. The monoisotopic (exact) mass is 293 g/mol. The van der Waals surface area contributed by atoms with E-state index in [1.54, 1.807) is 25.1 Å². The first kappa shape index (κ1) is 14.3. The Morgan fingerprint density at radius 3 is 2.90 bits per heavy atom. The van der Waals surface area contributed by atoms with E-state index in [4.69, 9.17) is 0 Å². The third kappa shape index (κ3) is 3.92. The van der Waals surface area contributed by atoms with Crippen LogP contribution in [0.4, 0.5) is 10.1 Å². The van der Waals surface area contributed by atoms with Gasteiger partial charge in [0.2, 0.25) is 5.91 Å². The number of hydrogen-bond acceptors (Lipinski definition) is 4. The average Bonchev–Trinajstić information content (AvgIpc) is 2.38. The Morgan fingerprint density at radius 1 is 1.45 bits per heavy atom. The molecule has 0 aliphatic rings. The zero-order chi connectivity index (χ0) is 14.5. The molecule has 2 aromatic rings. The number of anilines is 1. The molecule has 104 valence electrons. The Kier molecular flexibility index (Phi) is 4.52. The van der Waals surface area contributed by atoms with Crippen LogP contribution in [0.25, 0.3) is 0 Å². The fourth-order valence-electron chi connectivity index (χ4n) is 1.51. The molecule has 0 atom stereocenters. The van der Waals surface area contributed by atoms with Gasteiger partial charge in [-0.05, 0) is 25.1 Å². The van der Waals surface area contributed by atoms with Crippen LogP contribution in [0.3, 0.4) is 0 Å². The Balaban J connectivity index is 1.96. The number of para-hydroxylation sites is 1. The molecule has 1 aromatic heterocycles. The zero-order valence-electron chi connectivity index (χ0n) is 10.6. The summed E-state index contributed by atoms with van der Waals surface area (Å²) < 4.78 is 13.3. The maximum atomic E-state index is 13.3. The number of carbonyl (C=O) groups excluding carboxylic acids is 1. The van der Waals surface area contributed by atoms with Gasteiger partial charge in [-0.15, -0.1) is 0 Å². The van der Waals surface area contributed by atoms with Crippen LogP contribution in [0.2, 0.25) is 0 Å². The van der Waals surface area contributed by atoms with Gasteiger partial charge in [0, 0.05) is 5.69 Å². The Morgan fingerprint density at radius 2 is 2.20 bits per heavy atom. The molecule has 0 aliphatic heterocycles. The number of thioether (sulfide) groups is 1. The molecule has 1 aromatic carbocycles. The van der Waals surface area contributed by atoms with Gasteiger partial charge in [-0.25, -0.2) is 9.18 Å². The lowest BCUT2D eigenvalue weighted by Gasteiger charge is -2.05. The highest BCUT2D eigenvalue weighted by Gasteiger charge is 2.08. The SMILES string of the molecule is Cc1cc(SCC(=O)Nc2ccccc2F)nc(=O)[nH]1. The number of H-pyrrole nitrogens is 1. The summed E-state index contributed by atoms with van der Waals surface area (Å²) in [5.41, 5.74) is 0.345. The molecule has 0 fully saturated rings. The van der Waals surface area contributed by atoms with E-state index in [1.165, 1.54) is 12.1 Å². The second-order valence-electron chi connectivity index (χ2n) is 4.02. The van der Waals surface area contributed by atoms with Crippen molar-refractivity contribution in [3.8, 4) is 0 Å². The highest BCUT2D eigenvalue weighted by atomic mass is 32.2. The topological polar surface area (TPSA) is 74.8 Å². The summed E-state index contributed by atoms with van der Waals surface area (Å²) in [4.78, 5) is 29.1. The summed E-state index contributed by atoms with van der Waals surface area (Å²) in [6, 6.07) is 7.59. The summed E-state index contributed by atoms with van der Waals surface area (Å²) in [7, 11) is 0. The highest BCUT2D eigenvalue weighted by Crippen LogP contribution is 2.16. The number of aryl methyl sites for hydroxylation is 1. The first-order valence-electron chi connectivity index (χ1n) is 5.80. The van der Waals surface area contributed by atoms with Crippen LogP contribution in [0, 0.1) is 12.7 Å². The minimum Gasteiger partial charge on any atom is -0.323 e. The lowest BCUT2D eigenvalue weighted by Crippen LogP contribution is -2.16. The number of aromatic nitrogens is 2. The van der Waals surface area contributed by atoms with Crippen LogP contribution in [-0.2, 0) is 4.79 Å². The zero-order valence-corrected chi connectivity index (χ0v) is 11.5. The van der Waals surface area contributed by atoms with E-state index in [9.17, 15) is 14.0 Å². The molecule has 7 heteroatoms. The number of aromatic amines is 1. The van der Waals surface area contributed by atoms with Crippen LogP contribution in [0.15, 0.2) is 40.2 Å². The van der Waals surface area contributed by atoms with Gasteiger partial charge >= 0.3 is 5.69 Å². The summed E-state index contributed by atoms with van der Waals surface area (Å²) in [5, 5.41) is 2.91. The van der Waals surface area contributed by atoms with Gasteiger partial charge in [-0.1, -0.05) is 23.9 Å². The molecule has 0 saturated carbocycles. The number of rotatable bonds is 4. The molecule has 1 heterocycles. The van der Waals surface area contributed by atoms with Crippen molar-refractivity contribution in [2.75, 3.05) is 11.1 Å². The van der Waals surface area contributed by atoms with Gasteiger partial charge in [0.1, 0.15) is 10.8 Å². The molecular weight excluding hydrogens is 281 g/mol. The second kappa shape index (κ2) is 6.33. The Labute approximate surface area is 118 Å². The van der Waals surface area contributed by atoms with Crippen molar-refractivity contribution in [2.45, 2.75) is 11.9 Å². The quantitative estimate of drug-likeness (QED) is 0.667. The van der Waals surface area contributed by atoms with Crippen LogP contribution in [0.5, 0.6) is 0 Å². The Hall–Kier alpha value is -2.15. The van der Waals surface area contributed by atoms with Crippen LogP contribution in [0.1, 0.15) is 5.69 Å². The largest absolute Gasteiger partial charge is 0.346 e. The maximum Gasteiger partial charge on any atom is 0.346 e. The van der Waals surface area contributed by atoms with Gasteiger partial charge in [0.15, 0.2) is 0 Å². The number of carbonyl (C=O) groups is 1. The number of benzene rings is 1. The molecule has 0 unspecified atom stereocenters. The molecule has 0 saturated heterocycles. The van der Waals surface area contributed by atoms with E-state index < -0.39 is 11.5 Å². The van der Waals surface area contributed by atoms with Crippen molar-refractivity contribution >= 4 is 23.4 Å². The van der Waals surface area contributed by atoms with Crippen molar-refractivity contribution in [1.82, 2.24) is 9.97 Å². The standard InChI is InChI=1S/C13H12FN3O2S/c1-8-6-12(17-13(19)15-8)20-7-11(18)16-10-5-3-2-4-9(10)14/h2-6H,7H2,1H3,(H,16,18)(H,15,17,19). The molecule has 2 N–H and O–H groups in total. The number of nitrogens with one attached hydrogen (secondary N) is 2. The highest BCUT2D eigenvalue weighted by molar-refractivity contribution is 7.99. The lowest BCUT2D eigenvalue weighted by atomic mass is 10.3. The summed E-state index contributed by atoms with van der Waals surface area (Å²) >= 11 is 1.12. The minimum atomic E-state index is -0.490. The summed E-state index contributed by atoms with van der Waals surface area (Å²) in [5.74, 6) is -0.805. The van der Waals surface area contributed by atoms with Crippen LogP contribution in [-0.4, -0.2) is 21.6 Å². The molecular formula is C13H12FN3O2S. The first-order chi connectivity index (χ1) is 9.54. The first-order valence-corrected chi connectivity index (χ1v) is 6.78. The Bertz CT molecular complexity index is 687. The van der Waals surface area contributed by atoms with E-state index in [-0.39, 0.29) is 17.3 Å². The number of hydrogen-bond donors (Lipinski definition) is 2. The van der Waals surface area contributed by atoms with Crippen molar-refractivity contribution in [3.63, 3.8) is 0 Å². The third-order valence-electron chi connectivity index (χ3n) is 2.35. The fraction of sp³-hybridized carbons (Fsp3) is 0.154. The van der Waals surface area contributed by atoms with Gasteiger partial charge in [-0.2, -0.15) is 4.98 Å². The normalized spacial score (nSPS) is 10.3. The average molecular weight is 293 g/mol. The summed E-state index contributed by atoms with van der Waals surface area (Å²) in [6.45, 7) is 1.73. The summed E-state index contributed by atoms with van der Waals surface area (Å²) in [6.07, 6.45) is 0. The molecule has 0 aliphatic carbocycles. The molecule has 0 spiro atoms. The van der Waals surface area contributed by atoms with Gasteiger partial charge in [0.25, 0.3) is 0 Å². The number of nitrogens with zero attached hydrogens (tertiary/aromatic N) is 1. The smallest absolute Gasteiger partial charge is 0.323 e. The van der Waals surface area contributed by atoms with Crippen LogP contribution < -0.4 is 11.0 Å². The van der Waals surface area contributed by atoms with Gasteiger partial charge in [0.05, 0.1) is 11.4 Å².